The van der Waals surface area contributed by atoms with E-state index in [2.05, 4.69) is 19.6 Å². The Kier molecular flexibility index (Phi) is 4.64. The molecular formula is C11H23NO2Si. The van der Waals surface area contributed by atoms with E-state index in [9.17, 15) is 4.79 Å². The molecule has 1 aliphatic heterocycles. The SMILES string of the molecule is C[Si](C)(C)CCOC(=O)N1CCCCC1. The van der Waals surface area contributed by atoms with E-state index in [4.69, 9.17) is 4.74 Å². The van der Waals surface area contributed by atoms with Crippen molar-refractivity contribution in [3.63, 3.8) is 0 Å². The molecule has 0 atom stereocenters. The minimum Gasteiger partial charge on any atom is -0.450 e. The molecule has 0 unspecified atom stereocenters. The van der Waals surface area contributed by atoms with Crippen molar-refractivity contribution in [2.75, 3.05) is 19.7 Å². The van der Waals surface area contributed by atoms with Gasteiger partial charge in [-0.3, -0.25) is 0 Å². The van der Waals surface area contributed by atoms with Crippen molar-refractivity contribution in [1.29, 1.82) is 0 Å². The summed E-state index contributed by atoms with van der Waals surface area (Å²) in [5, 5.41) is 0. The minimum atomic E-state index is -1.07. The number of likely N-dealkylation sites (tertiary alicyclic amines) is 1. The second kappa shape index (κ2) is 5.54. The molecule has 1 heterocycles. The Balaban J connectivity index is 2.17. The standard InChI is InChI=1S/C11H23NO2Si/c1-15(2,3)10-9-14-11(13)12-7-5-4-6-8-12/h4-10H2,1-3H3. The van der Waals surface area contributed by atoms with Crippen LogP contribution in [0.5, 0.6) is 0 Å². The van der Waals surface area contributed by atoms with Crippen molar-refractivity contribution in [3.8, 4) is 0 Å². The molecule has 0 bridgehead atoms. The third-order valence-electron chi connectivity index (χ3n) is 2.69. The largest absolute Gasteiger partial charge is 0.450 e. The number of nitrogens with zero attached hydrogens (tertiary/aromatic N) is 1. The molecule has 0 aromatic heterocycles. The van der Waals surface area contributed by atoms with Gasteiger partial charge in [-0.25, -0.2) is 4.79 Å². The predicted octanol–water partition coefficient (Wildman–Crippen LogP) is 2.95. The van der Waals surface area contributed by atoms with Crippen LogP contribution in [0.3, 0.4) is 0 Å². The average molecular weight is 229 g/mol. The third kappa shape index (κ3) is 5.21. The topological polar surface area (TPSA) is 29.5 Å². The van der Waals surface area contributed by atoms with Gasteiger partial charge in [0, 0.05) is 21.2 Å². The van der Waals surface area contributed by atoms with Crippen LogP contribution >= 0.6 is 0 Å². The molecule has 15 heavy (non-hydrogen) atoms. The van der Waals surface area contributed by atoms with Crippen molar-refractivity contribution >= 4 is 14.2 Å². The van der Waals surface area contributed by atoms with Crippen LogP contribution in [0.15, 0.2) is 0 Å². The second-order valence-corrected chi connectivity index (χ2v) is 11.1. The summed E-state index contributed by atoms with van der Waals surface area (Å²) in [6, 6.07) is 1.06. The molecular weight excluding hydrogens is 206 g/mol. The van der Waals surface area contributed by atoms with Gasteiger partial charge in [0.15, 0.2) is 0 Å². The molecule has 0 radical (unpaired) electrons. The molecule has 88 valence electrons. The van der Waals surface area contributed by atoms with Gasteiger partial charge < -0.3 is 9.64 Å². The lowest BCUT2D eigenvalue weighted by Crippen LogP contribution is -2.36. The highest BCUT2D eigenvalue weighted by Crippen LogP contribution is 2.11. The number of carbonyl (C=O) groups is 1. The fourth-order valence-electron chi connectivity index (χ4n) is 1.61. The van der Waals surface area contributed by atoms with E-state index in [1.165, 1.54) is 6.42 Å². The molecule has 0 saturated carbocycles. The van der Waals surface area contributed by atoms with Crippen LogP contribution in [0.1, 0.15) is 19.3 Å². The van der Waals surface area contributed by atoms with E-state index in [0.29, 0.717) is 6.61 Å². The van der Waals surface area contributed by atoms with E-state index in [-0.39, 0.29) is 6.09 Å². The van der Waals surface area contributed by atoms with Crippen LogP contribution in [0.2, 0.25) is 25.7 Å². The molecule has 0 spiro atoms. The molecule has 0 aromatic carbocycles. The van der Waals surface area contributed by atoms with Gasteiger partial charge in [0.05, 0.1) is 6.61 Å². The zero-order valence-corrected chi connectivity index (χ0v) is 11.2. The summed E-state index contributed by atoms with van der Waals surface area (Å²) in [5.74, 6) is 0. The fourth-order valence-corrected chi connectivity index (χ4v) is 2.33. The number of ether oxygens (including phenoxy) is 1. The van der Waals surface area contributed by atoms with Crippen LogP contribution in [0.25, 0.3) is 0 Å². The molecule has 4 heteroatoms. The van der Waals surface area contributed by atoms with E-state index in [1.54, 1.807) is 0 Å². The van der Waals surface area contributed by atoms with E-state index >= 15 is 0 Å². The Morgan fingerprint density at radius 3 is 2.33 bits per heavy atom. The molecule has 1 fully saturated rings. The summed E-state index contributed by atoms with van der Waals surface area (Å²) < 4.78 is 5.28. The molecule has 1 aliphatic rings. The van der Waals surface area contributed by atoms with Crippen LogP contribution in [0.4, 0.5) is 4.79 Å². The van der Waals surface area contributed by atoms with Crippen molar-refractivity contribution in [1.82, 2.24) is 4.90 Å². The number of hydrogen-bond acceptors (Lipinski definition) is 2. The molecule has 1 saturated heterocycles. The number of piperidine rings is 1. The number of hydrogen-bond donors (Lipinski definition) is 0. The van der Waals surface area contributed by atoms with Gasteiger partial charge in [-0.15, -0.1) is 0 Å². The highest BCUT2D eigenvalue weighted by molar-refractivity contribution is 6.76. The van der Waals surface area contributed by atoms with Gasteiger partial charge in [0.25, 0.3) is 0 Å². The molecule has 1 amide bonds. The lowest BCUT2D eigenvalue weighted by Gasteiger charge is -2.26. The lowest BCUT2D eigenvalue weighted by atomic mass is 10.1. The summed E-state index contributed by atoms with van der Waals surface area (Å²) in [7, 11) is -1.07. The summed E-state index contributed by atoms with van der Waals surface area (Å²) in [4.78, 5) is 13.4. The van der Waals surface area contributed by atoms with Crippen molar-refractivity contribution in [3.05, 3.63) is 0 Å². The zero-order chi connectivity index (χ0) is 11.3. The van der Waals surface area contributed by atoms with Gasteiger partial charge in [-0.05, 0) is 25.3 Å². The number of amides is 1. The van der Waals surface area contributed by atoms with Gasteiger partial charge in [0.2, 0.25) is 0 Å². The smallest absolute Gasteiger partial charge is 0.409 e. The van der Waals surface area contributed by atoms with Crippen molar-refractivity contribution < 1.29 is 9.53 Å². The number of rotatable bonds is 3. The van der Waals surface area contributed by atoms with Gasteiger partial charge in [-0.1, -0.05) is 19.6 Å². The summed E-state index contributed by atoms with van der Waals surface area (Å²) in [5.41, 5.74) is 0. The van der Waals surface area contributed by atoms with Crippen LogP contribution in [0, 0.1) is 0 Å². The first-order valence-electron chi connectivity index (χ1n) is 5.91. The second-order valence-electron chi connectivity index (χ2n) is 5.47. The quantitative estimate of drug-likeness (QED) is 0.696. The highest BCUT2D eigenvalue weighted by Gasteiger charge is 2.19. The Morgan fingerprint density at radius 1 is 1.20 bits per heavy atom. The Hall–Kier alpha value is -0.513. The summed E-state index contributed by atoms with van der Waals surface area (Å²) in [6.45, 7) is 9.24. The van der Waals surface area contributed by atoms with E-state index < -0.39 is 8.07 Å². The first-order valence-corrected chi connectivity index (χ1v) is 9.61. The molecule has 0 aliphatic carbocycles. The normalized spacial score (nSPS) is 17.7. The van der Waals surface area contributed by atoms with Gasteiger partial charge in [-0.2, -0.15) is 0 Å². The maximum absolute atomic E-state index is 11.6. The zero-order valence-electron chi connectivity index (χ0n) is 10.2. The van der Waals surface area contributed by atoms with E-state index in [1.807, 2.05) is 4.90 Å². The maximum Gasteiger partial charge on any atom is 0.409 e. The van der Waals surface area contributed by atoms with Gasteiger partial charge >= 0.3 is 6.09 Å². The average Bonchev–Trinajstić information content (AvgIpc) is 2.17. The Bertz CT molecular complexity index is 207. The number of carbonyl (C=O) groups excluding carboxylic acids is 1. The van der Waals surface area contributed by atoms with Crippen LogP contribution < -0.4 is 0 Å². The minimum absolute atomic E-state index is 0.104. The van der Waals surface area contributed by atoms with Crippen LogP contribution in [-0.4, -0.2) is 38.8 Å². The van der Waals surface area contributed by atoms with Crippen molar-refractivity contribution in [2.45, 2.75) is 44.9 Å². The maximum atomic E-state index is 11.6. The summed E-state index contributed by atoms with van der Waals surface area (Å²) in [6.07, 6.45) is 3.40. The lowest BCUT2D eigenvalue weighted by molar-refractivity contribution is 0.0995. The molecule has 0 aromatic rings. The van der Waals surface area contributed by atoms with Gasteiger partial charge in [0.1, 0.15) is 0 Å². The highest BCUT2D eigenvalue weighted by atomic mass is 28.3. The Labute approximate surface area is 93.8 Å². The van der Waals surface area contributed by atoms with Crippen molar-refractivity contribution in [2.24, 2.45) is 0 Å². The third-order valence-corrected chi connectivity index (χ3v) is 4.40. The first kappa shape index (κ1) is 12.6. The Morgan fingerprint density at radius 2 is 1.80 bits per heavy atom. The summed E-state index contributed by atoms with van der Waals surface area (Å²) >= 11 is 0. The molecule has 0 N–H and O–H groups in total. The fraction of sp³-hybridized carbons (Fsp3) is 0.909. The molecule has 3 nitrogen and oxygen atoms in total. The predicted molar refractivity (Wildman–Crippen MR) is 64.9 cm³/mol. The molecule has 1 rings (SSSR count). The first-order chi connectivity index (χ1) is 6.99. The van der Waals surface area contributed by atoms with E-state index in [0.717, 1.165) is 32.0 Å². The van der Waals surface area contributed by atoms with Crippen LogP contribution in [-0.2, 0) is 4.74 Å². The monoisotopic (exact) mass is 229 g/mol.